The number of hydroxylamine groups is 1. The van der Waals surface area contributed by atoms with E-state index in [2.05, 4.69) is 9.68 Å². The number of hydrogen-bond donors (Lipinski definition) is 3. The van der Waals surface area contributed by atoms with Crippen LogP contribution in [-0.4, -0.2) is 21.4 Å². The highest BCUT2D eigenvalue weighted by atomic mass is 16.5. The Morgan fingerprint density at radius 3 is 2.92 bits per heavy atom. The molecule has 0 aliphatic heterocycles. The highest BCUT2D eigenvalue weighted by Gasteiger charge is 2.24. The smallest absolute Gasteiger partial charge is 0.249 e. The van der Waals surface area contributed by atoms with Crippen molar-refractivity contribution in [2.75, 3.05) is 0 Å². The lowest BCUT2D eigenvalue weighted by atomic mass is 10.0. The van der Waals surface area contributed by atoms with Gasteiger partial charge in [0.2, 0.25) is 5.91 Å². The molecule has 0 aliphatic carbocycles. The fourth-order valence-electron chi connectivity index (χ4n) is 0.876. The monoisotopic (exact) mass is 186 g/mol. The minimum absolute atomic E-state index is 0.260. The molecule has 0 radical (unpaired) electrons. The Labute approximate surface area is 74.1 Å². The fraction of sp³-hybridized carbons (Fsp3) is 0.429. The third-order valence-corrected chi connectivity index (χ3v) is 1.76. The van der Waals surface area contributed by atoms with E-state index in [1.54, 1.807) is 0 Å². The Morgan fingerprint density at radius 2 is 2.46 bits per heavy atom. The summed E-state index contributed by atoms with van der Waals surface area (Å²) < 4.78 is 4.49. The van der Waals surface area contributed by atoms with E-state index in [9.17, 15) is 9.90 Å². The number of aliphatic hydroxyl groups is 1. The summed E-state index contributed by atoms with van der Waals surface area (Å²) in [6.45, 7) is 1.46. The number of nitrogens with zero attached hydrogens (tertiary/aromatic N) is 1. The molecule has 72 valence electrons. The van der Waals surface area contributed by atoms with Gasteiger partial charge in [-0.05, 0) is 0 Å². The van der Waals surface area contributed by atoms with Gasteiger partial charge in [0.05, 0.1) is 5.92 Å². The average Bonchev–Trinajstić information content (AvgIpc) is 2.67. The van der Waals surface area contributed by atoms with Crippen LogP contribution in [0, 0.1) is 5.92 Å². The van der Waals surface area contributed by atoms with E-state index in [1.807, 2.05) is 0 Å². The van der Waals surface area contributed by atoms with Crippen molar-refractivity contribution in [3.63, 3.8) is 0 Å². The SMILES string of the molecule is CC(C(=O)NO)C(O)c1ccon1. The maximum absolute atomic E-state index is 10.9. The number of carbonyl (C=O) groups is 1. The Hall–Kier alpha value is -1.40. The molecule has 6 nitrogen and oxygen atoms in total. The molecule has 1 aromatic heterocycles. The maximum atomic E-state index is 10.9. The van der Waals surface area contributed by atoms with Crippen LogP contribution in [0.2, 0.25) is 0 Å². The number of aromatic nitrogens is 1. The van der Waals surface area contributed by atoms with Crippen LogP contribution < -0.4 is 5.48 Å². The highest BCUT2D eigenvalue weighted by molar-refractivity contribution is 5.77. The van der Waals surface area contributed by atoms with Crippen LogP contribution in [0.25, 0.3) is 0 Å². The highest BCUT2D eigenvalue weighted by Crippen LogP contribution is 2.19. The van der Waals surface area contributed by atoms with E-state index in [-0.39, 0.29) is 5.69 Å². The molecule has 3 N–H and O–H groups in total. The molecular weight excluding hydrogens is 176 g/mol. The molecule has 2 unspecified atom stereocenters. The van der Waals surface area contributed by atoms with Crippen LogP contribution >= 0.6 is 0 Å². The number of nitrogens with one attached hydrogen (secondary N) is 1. The lowest BCUT2D eigenvalue weighted by Gasteiger charge is -2.13. The third kappa shape index (κ3) is 2.04. The molecule has 1 heterocycles. The maximum Gasteiger partial charge on any atom is 0.249 e. The van der Waals surface area contributed by atoms with Crippen LogP contribution in [0.15, 0.2) is 16.9 Å². The van der Waals surface area contributed by atoms with Crippen molar-refractivity contribution in [1.29, 1.82) is 0 Å². The fourth-order valence-corrected chi connectivity index (χ4v) is 0.876. The van der Waals surface area contributed by atoms with E-state index >= 15 is 0 Å². The van der Waals surface area contributed by atoms with Crippen molar-refractivity contribution >= 4 is 5.91 Å². The minimum Gasteiger partial charge on any atom is -0.386 e. The first-order valence-corrected chi connectivity index (χ1v) is 3.69. The number of aliphatic hydroxyl groups excluding tert-OH is 1. The van der Waals surface area contributed by atoms with Gasteiger partial charge in [0.25, 0.3) is 0 Å². The van der Waals surface area contributed by atoms with Crippen LogP contribution in [-0.2, 0) is 4.79 Å². The molecule has 6 heteroatoms. The summed E-state index contributed by atoms with van der Waals surface area (Å²) in [4.78, 5) is 10.9. The normalized spacial score (nSPS) is 15.0. The average molecular weight is 186 g/mol. The summed E-state index contributed by atoms with van der Waals surface area (Å²) in [7, 11) is 0. The molecule has 0 aromatic carbocycles. The zero-order valence-corrected chi connectivity index (χ0v) is 6.97. The van der Waals surface area contributed by atoms with Crippen LogP contribution in [0.1, 0.15) is 18.7 Å². The second-order valence-electron chi connectivity index (χ2n) is 2.63. The first kappa shape index (κ1) is 9.69. The zero-order chi connectivity index (χ0) is 9.84. The van der Waals surface area contributed by atoms with Crippen LogP contribution in [0.3, 0.4) is 0 Å². The summed E-state index contributed by atoms with van der Waals surface area (Å²) in [6, 6.07) is 1.45. The molecule has 0 fully saturated rings. The number of hydrogen-bond acceptors (Lipinski definition) is 5. The second kappa shape index (κ2) is 4.01. The van der Waals surface area contributed by atoms with Crippen molar-refractivity contribution in [3.8, 4) is 0 Å². The van der Waals surface area contributed by atoms with Gasteiger partial charge in [-0.15, -0.1) is 0 Å². The number of carbonyl (C=O) groups excluding carboxylic acids is 1. The van der Waals surface area contributed by atoms with Gasteiger partial charge in [-0.1, -0.05) is 12.1 Å². The number of amides is 1. The van der Waals surface area contributed by atoms with E-state index < -0.39 is 17.9 Å². The van der Waals surface area contributed by atoms with Gasteiger partial charge in [-0.2, -0.15) is 0 Å². The van der Waals surface area contributed by atoms with Gasteiger partial charge in [-0.3, -0.25) is 10.0 Å². The standard InChI is InChI=1S/C7H10N2O4/c1-4(7(11)8-12)6(10)5-2-3-13-9-5/h2-4,6,10,12H,1H3,(H,8,11). The molecule has 0 saturated heterocycles. The molecule has 13 heavy (non-hydrogen) atoms. The molecule has 2 atom stereocenters. The predicted molar refractivity (Wildman–Crippen MR) is 40.6 cm³/mol. The first-order valence-electron chi connectivity index (χ1n) is 3.69. The molecule has 1 aromatic rings. The van der Waals surface area contributed by atoms with Gasteiger partial charge < -0.3 is 9.63 Å². The van der Waals surface area contributed by atoms with E-state index in [1.165, 1.54) is 24.7 Å². The molecule has 0 aliphatic rings. The van der Waals surface area contributed by atoms with Gasteiger partial charge >= 0.3 is 0 Å². The van der Waals surface area contributed by atoms with Crippen LogP contribution in [0.5, 0.6) is 0 Å². The van der Waals surface area contributed by atoms with Gasteiger partial charge in [0, 0.05) is 6.07 Å². The van der Waals surface area contributed by atoms with E-state index in [4.69, 9.17) is 5.21 Å². The molecule has 0 bridgehead atoms. The summed E-state index contributed by atoms with van der Waals surface area (Å²) in [5.74, 6) is -1.45. The van der Waals surface area contributed by atoms with Crippen molar-refractivity contribution in [2.45, 2.75) is 13.0 Å². The van der Waals surface area contributed by atoms with Crippen molar-refractivity contribution in [1.82, 2.24) is 10.6 Å². The summed E-state index contributed by atoms with van der Waals surface area (Å²) in [6.07, 6.45) is 0.216. The minimum atomic E-state index is -1.08. The topological polar surface area (TPSA) is 95.6 Å². The summed E-state index contributed by atoms with van der Waals surface area (Å²) >= 11 is 0. The Morgan fingerprint density at radius 1 is 1.77 bits per heavy atom. The van der Waals surface area contributed by atoms with Crippen molar-refractivity contribution in [2.24, 2.45) is 5.92 Å². The lowest BCUT2D eigenvalue weighted by Crippen LogP contribution is -2.30. The molecule has 1 rings (SSSR count). The van der Waals surface area contributed by atoms with Gasteiger partial charge in [0.1, 0.15) is 18.1 Å². The largest absolute Gasteiger partial charge is 0.386 e. The lowest BCUT2D eigenvalue weighted by molar-refractivity contribution is -0.136. The Balaban J connectivity index is 2.68. The molecule has 1 amide bonds. The zero-order valence-electron chi connectivity index (χ0n) is 6.97. The Kier molecular flexibility index (Phi) is 2.99. The van der Waals surface area contributed by atoms with E-state index in [0.29, 0.717) is 0 Å². The third-order valence-electron chi connectivity index (χ3n) is 1.76. The van der Waals surface area contributed by atoms with Crippen LogP contribution in [0.4, 0.5) is 0 Å². The van der Waals surface area contributed by atoms with Gasteiger partial charge in [0.15, 0.2) is 0 Å². The predicted octanol–water partition coefficient (Wildman–Crippen LogP) is -0.150. The van der Waals surface area contributed by atoms with Crippen molar-refractivity contribution < 1.29 is 19.6 Å². The summed E-state index contributed by atoms with van der Waals surface area (Å²) in [5.41, 5.74) is 1.71. The quantitative estimate of drug-likeness (QED) is 0.450. The Bertz CT molecular complexity index is 272. The number of rotatable bonds is 3. The first-order chi connectivity index (χ1) is 6.16. The van der Waals surface area contributed by atoms with Crippen molar-refractivity contribution in [3.05, 3.63) is 18.0 Å². The second-order valence-corrected chi connectivity index (χ2v) is 2.63. The molecular formula is C7H10N2O4. The molecule has 0 saturated carbocycles. The van der Waals surface area contributed by atoms with E-state index in [0.717, 1.165) is 0 Å². The van der Waals surface area contributed by atoms with Gasteiger partial charge in [-0.25, -0.2) is 5.48 Å². The molecule has 0 spiro atoms. The summed E-state index contributed by atoms with van der Waals surface area (Å²) in [5, 5.41) is 21.2.